The predicted molar refractivity (Wildman–Crippen MR) is 190 cm³/mol. The molecule has 1 N–H and O–H groups in total. The number of rotatable bonds is 2. The van der Waals surface area contributed by atoms with Crippen molar-refractivity contribution in [1.82, 2.24) is 0 Å². The van der Waals surface area contributed by atoms with Crippen molar-refractivity contribution in [1.29, 1.82) is 0 Å². The molecule has 0 heterocycles. The molecule has 0 radical (unpaired) electrons. The van der Waals surface area contributed by atoms with Crippen molar-refractivity contribution in [2.75, 3.05) is 0 Å². The van der Waals surface area contributed by atoms with Crippen molar-refractivity contribution in [3.8, 4) is 33.4 Å². The largest absolute Gasteiger partial charge is 0.376 e. The number of hydrogen-bond acceptors (Lipinski definition) is 1. The minimum Gasteiger partial charge on any atom is -0.376 e. The van der Waals surface area contributed by atoms with Gasteiger partial charge < -0.3 is 5.11 Å². The average Bonchev–Trinajstić information content (AvgIpc) is 3.15. The van der Waals surface area contributed by atoms with Gasteiger partial charge in [0.1, 0.15) is 5.60 Å². The lowest BCUT2D eigenvalue weighted by Gasteiger charge is -2.34. The second kappa shape index (κ2) is 9.61. The van der Waals surface area contributed by atoms with Crippen LogP contribution in [0.2, 0.25) is 0 Å². The molecule has 0 atom stereocenters. The SMILES string of the molecule is OC1(c2ccccc2-c2ccc3ccc4cccc5ccc2c3c45)c2cc(Br)ccc2-c2ccccc2-c2ccc(Br)cc21. The Labute approximate surface area is 272 Å². The standard InChI is InChI=1S/C41H24Br2O/c42-27-16-20-33-29-8-1-2-9-30(29)34-21-17-28(43)23-38(34)41(44,37(33)22-27)36-11-4-3-10-32(36)31-18-14-26-13-12-24-6-5-7-25-15-19-35(31)40(26)39(24)25/h1-23,44H. The molecule has 8 aromatic carbocycles. The first kappa shape index (κ1) is 26.2. The Morgan fingerprint density at radius 1 is 0.386 bits per heavy atom. The number of aliphatic hydroxyl groups is 1. The van der Waals surface area contributed by atoms with Gasteiger partial charge in [0.15, 0.2) is 0 Å². The molecule has 0 aliphatic heterocycles. The van der Waals surface area contributed by atoms with Gasteiger partial charge in [0, 0.05) is 25.6 Å². The van der Waals surface area contributed by atoms with E-state index in [-0.39, 0.29) is 0 Å². The summed E-state index contributed by atoms with van der Waals surface area (Å²) in [7, 11) is 0. The van der Waals surface area contributed by atoms with Crippen LogP contribution >= 0.6 is 31.9 Å². The first-order valence-corrected chi connectivity index (χ1v) is 16.3. The number of fused-ring (bicyclic) bond motifs is 5. The van der Waals surface area contributed by atoms with Crippen LogP contribution in [0.4, 0.5) is 0 Å². The van der Waals surface area contributed by atoms with Crippen LogP contribution in [-0.4, -0.2) is 5.11 Å². The normalized spacial score (nSPS) is 13.5. The van der Waals surface area contributed by atoms with Gasteiger partial charge >= 0.3 is 0 Å². The Bertz CT molecular complexity index is 2350. The number of hydrogen-bond donors (Lipinski definition) is 1. The quantitative estimate of drug-likeness (QED) is 0.179. The Morgan fingerprint density at radius 3 is 1.50 bits per heavy atom. The van der Waals surface area contributed by atoms with Gasteiger partial charge in [0.2, 0.25) is 0 Å². The van der Waals surface area contributed by atoms with Crippen molar-refractivity contribution in [2.24, 2.45) is 0 Å². The first-order chi connectivity index (χ1) is 21.5. The van der Waals surface area contributed by atoms with E-state index in [9.17, 15) is 5.11 Å². The van der Waals surface area contributed by atoms with E-state index >= 15 is 0 Å². The molecule has 44 heavy (non-hydrogen) atoms. The van der Waals surface area contributed by atoms with Gasteiger partial charge in [-0.25, -0.2) is 0 Å². The summed E-state index contributed by atoms with van der Waals surface area (Å²) in [6, 6.07) is 49.3. The van der Waals surface area contributed by atoms with Crippen molar-refractivity contribution in [2.45, 2.75) is 5.60 Å². The molecule has 0 fully saturated rings. The molecule has 1 nitrogen and oxygen atoms in total. The predicted octanol–water partition coefficient (Wildman–Crippen LogP) is 11.7. The van der Waals surface area contributed by atoms with Gasteiger partial charge in [0.25, 0.3) is 0 Å². The maximum atomic E-state index is 13.6. The summed E-state index contributed by atoms with van der Waals surface area (Å²) in [5.41, 5.74) is 7.45. The Hall–Kier alpha value is -4.28. The summed E-state index contributed by atoms with van der Waals surface area (Å²) in [6.45, 7) is 0. The zero-order chi connectivity index (χ0) is 29.6. The lowest BCUT2D eigenvalue weighted by atomic mass is 9.74. The van der Waals surface area contributed by atoms with E-state index in [4.69, 9.17) is 0 Å². The summed E-state index contributed by atoms with van der Waals surface area (Å²) >= 11 is 7.50. The van der Waals surface area contributed by atoms with Crippen molar-refractivity contribution < 1.29 is 5.11 Å². The highest BCUT2D eigenvalue weighted by Gasteiger charge is 2.42. The smallest absolute Gasteiger partial charge is 0.142 e. The lowest BCUT2D eigenvalue weighted by molar-refractivity contribution is 0.127. The van der Waals surface area contributed by atoms with Crippen molar-refractivity contribution in [3.63, 3.8) is 0 Å². The van der Waals surface area contributed by atoms with Gasteiger partial charge in [-0.1, -0.05) is 147 Å². The van der Waals surface area contributed by atoms with E-state index in [2.05, 4.69) is 165 Å². The number of halogens is 2. The molecule has 0 aromatic heterocycles. The summed E-state index contributed by atoms with van der Waals surface area (Å²) in [4.78, 5) is 0. The molecular formula is C41H24Br2O. The van der Waals surface area contributed by atoms with Crippen LogP contribution < -0.4 is 0 Å². The molecule has 1 aliphatic rings. The summed E-state index contributed by atoms with van der Waals surface area (Å²) in [6.07, 6.45) is 0. The van der Waals surface area contributed by atoms with Gasteiger partial charge in [-0.05, 0) is 90.0 Å². The second-order valence-corrected chi connectivity index (χ2v) is 13.5. The number of benzene rings is 8. The molecule has 208 valence electrons. The highest BCUT2D eigenvalue weighted by Crippen LogP contribution is 2.53. The second-order valence-electron chi connectivity index (χ2n) is 11.7. The molecule has 3 heteroatoms. The van der Waals surface area contributed by atoms with Crippen molar-refractivity contribution >= 4 is 64.2 Å². The van der Waals surface area contributed by atoms with Crippen LogP contribution in [0.25, 0.3) is 65.7 Å². The summed E-state index contributed by atoms with van der Waals surface area (Å²) in [5.74, 6) is 0. The summed E-state index contributed by atoms with van der Waals surface area (Å²) < 4.78 is 1.84. The average molecular weight is 692 g/mol. The van der Waals surface area contributed by atoms with Crippen molar-refractivity contribution in [3.05, 3.63) is 165 Å². The van der Waals surface area contributed by atoms with E-state index in [1.807, 2.05) is 6.07 Å². The highest BCUT2D eigenvalue weighted by molar-refractivity contribution is 9.10. The Kier molecular flexibility index (Phi) is 5.71. The maximum absolute atomic E-state index is 13.6. The highest BCUT2D eigenvalue weighted by atomic mass is 79.9. The monoisotopic (exact) mass is 690 g/mol. The van der Waals surface area contributed by atoms with Crippen LogP contribution in [0.15, 0.2) is 148 Å². The lowest BCUT2D eigenvalue weighted by Crippen LogP contribution is -2.30. The third-order valence-electron chi connectivity index (χ3n) is 9.39. The molecular weight excluding hydrogens is 668 g/mol. The minimum absolute atomic E-state index is 0.848. The molecule has 9 rings (SSSR count). The molecule has 0 spiro atoms. The van der Waals surface area contributed by atoms with Gasteiger partial charge in [-0.3, -0.25) is 0 Å². The van der Waals surface area contributed by atoms with Crippen LogP contribution in [0.3, 0.4) is 0 Å². The topological polar surface area (TPSA) is 20.2 Å². The zero-order valence-electron chi connectivity index (χ0n) is 23.5. The molecule has 0 amide bonds. The first-order valence-electron chi connectivity index (χ1n) is 14.7. The third-order valence-corrected chi connectivity index (χ3v) is 10.4. The van der Waals surface area contributed by atoms with E-state index in [1.54, 1.807) is 0 Å². The van der Waals surface area contributed by atoms with Crippen LogP contribution in [0, 0.1) is 0 Å². The van der Waals surface area contributed by atoms with Crippen LogP contribution in [-0.2, 0) is 5.60 Å². The Morgan fingerprint density at radius 2 is 0.864 bits per heavy atom. The van der Waals surface area contributed by atoms with Crippen LogP contribution in [0.5, 0.6) is 0 Å². The fourth-order valence-corrected chi connectivity index (χ4v) is 8.22. The molecule has 1 aliphatic carbocycles. The Balaban J connectivity index is 1.42. The maximum Gasteiger partial charge on any atom is 0.142 e. The minimum atomic E-state index is -1.46. The zero-order valence-corrected chi connectivity index (χ0v) is 26.7. The van der Waals surface area contributed by atoms with E-state index in [0.717, 1.165) is 59.0 Å². The fraction of sp³-hybridized carbons (Fsp3) is 0.0244. The third kappa shape index (κ3) is 3.61. The van der Waals surface area contributed by atoms with Gasteiger partial charge in [-0.2, -0.15) is 0 Å². The van der Waals surface area contributed by atoms with E-state index in [0.29, 0.717) is 0 Å². The molecule has 0 bridgehead atoms. The molecule has 0 saturated carbocycles. The summed E-state index contributed by atoms with van der Waals surface area (Å²) in [5, 5.41) is 21.0. The van der Waals surface area contributed by atoms with Gasteiger partial charge in [0.05, 0.1) is 0 Å². The van der Waals surface area contributed by atoms with E-state index in [1.165, 1.54) is 32.3 Å². The molecule has 0 unspecified atom stereocenters. The van der Waals surface area contributed by atoms with E-state index < -0.39 is 5.60 Å². The molecule has 8 aromatic rings. The molecule has 0 saturated heterocycles. The van der Waals surface area contributed by atoms with Crippen LogP contribution in [0.1, 0.15) is 16.7 Å². The van der Waals surface area contributed by atoms with Gasteiger partial charge in [-0.15, -0.1) is 0 Å². The fourth-order valence-electron chi connectivity index (χ4n) is 7.49.